The van der Waals surface area contributed by atoms with E-state index >= 15 is 0 Å². The lowest BCUT2D eigenvalue weighted by Gasteiger charge is -2.32. The third kappa shape index (κ3) is 3.29. The molecule has 1 heterocycles. The molecule has 1 unspecified atom stereocenters. The number of piperidine rings is 1. The standard InChI is InChI=1S/C11H21NO2/c1-3-10-5-4-7-12(9-10)11(13)6-8-14-2/h10H,3-9H2,1-2H3. The highest BCUT2D eigenvalue weighted by Gasteiger charge is 2.21. The van der Waals surface area contributed by atoms with Gasteiger partial charge in [-0.1, -0.05) is 13.3 Å². The van der Waals surface area contributed by atoms with Crippen LogP contribution in [0.15, 0.2) is 0 Å². The fourth-order valence-electron chi connectivity index (χ4n) is 1.97. The van der Waals surface area contributed by atoms with Gasteiger partial charge in [0.15, 0.2) is 0 Å². The topological polar surface area (TPSA) is 29.5 Å². The van der Waals surface area contributed by atoms with Crippen LogP contribution in [-0.4, -0.2) is 37.6 Å². The molecule has 82 valence electrons. The summed E-state index contributed by atoms with van der Waals surface area (Å²) in [4.78, 5) is 13.7. The van der Waals surface area contributed by atoms with E-state index < -0.39 is 0 Å². The molecular formula is C11H21NO2. The van der Waals surface area contributed by atoms with E-state index in [0.29, 0.717) is 13.0 Å². The van der Waals surface area contributed by atoms with E-state index in [4.69, 9.17) is 4.74 Å². The molecule has 0 spiro atoms. The first-order chi connectivity index (χ1) is 6.77. The summed E-state index contributed by atoms with van der Waals surface area (Å²) in [5, 5.41) is 0. The predicted octanol–water partition coefficient (Wildman–Crippen LogP) is 1.67. The van der Waals surface area contributed by atoms with E-state index in [2.05, 4.69) is 6.92 Å². The summed E-state index contributed by atoms with van der Waals surface area (Å²) in [5.74, 6) is 0.972. The van der Waals surface area contributed by atoms with Gasteiger partial charge in [-0.2, -0.15) is 0 Å². The van der Waals surface area contributed by atoms with E-state index in [1.165, 1.54) is 12.8 Å². The van der Waals surface area contributed by atoms with Crippen molar-refractivity contribution in [3.05, 3.63) is 0 Å². The number of carbonyl (C=O) groups is 1. The summed E-state index contributed by atoms with van der Waals surface area (Å²) >= 11 is 0. The molecule has 3 nitrogen and oxygen atoms in total. The second-order valence-corrected chi connectivity index (χ2v) is 4.00. The van der Waals surface area contributed by atoms with Crippen molar-refractivity contribution >= 4 is 5.91 Å². The van der Waals surface area contributed by atoms with Gasteiger partial charge in [-0.15, -0.1) is 0 Å². The number of hydrogen-bond donors (Lipinski definition) is 0. The summed E-state index contributed by atoms with van der Waals surface area (Å²) in [6.45, 7) is 4.65. The van der Waals surface area contributed by atoms with Crippen LogP contribution < -0.4 is 0 Å². The fourth-order valence-corrected chi connectivity index (χ4v) is 1.97. The number of ether oxygens (including phenoxy) is 1. The van der Waals surface area contributed by atoms with Crippen LogP contribution in [0.5, 0.6) is 0 Å². The number of amides is 1. The first-order valence-electron chi connectivity index (χ1n) is 5.54. The highest BCUT2D eigenvalue weighted by Crippen LogP contribution is 2.19. The van der Waals surface area contributed by atoms with E-state index in [0.717, 1.165) is 25.4 Å². The van der Waals surface area contributed by atoms with E-state index in [-0.39, 0.29) is 5.91 Å². The maximum atomic E-state index is 11.7. The molecule has 0 N–H and O–H groups in total. The number of nitrogens with zero attached hydrogens (tertiary/aromatic N) is 1. The molecule has 14 heavy (non-hydrogen) atoms. The Morgan fingerprint density at radius 3 is 3.00 bits per heavy atom. The largest absolute Gasteiger partial charge is 0.384 e. The van der Waals surface area contributed by atoms with Crippen LogP contribution in [0.1, 0.15) is 32.6 Å². The van der Waals surface area contributed by atoms with Crippen molar-refractivity contribution < 1.29 is 9.53 Å². The van der Waals surface area contributed by atoms with Gasteiger partial charge in [0, 0.05) is 20.2 Å². The molecule has 0 saturated carbocycles. The summed E-state index contributed by atoms with van der Waals surface area (Å²) in [7, 11) is 1.64. The second kappa shape index (κ2) is 6.02. The molecule has 1 aliphatic heterocycles. The number of methoxy groups -OCH3 is 1. The lowest BCUT2D eigenvalue weighted by molar-refractivity contribution is -0.133. The number of hydrogen-bond acceptors (Lipinski definition) is 2. The van der Waals surface area contributed by atoms with Crippen molar-refractivity contribution in [1.82, 2.24) is 4.90 Å². The Balaban J connectivity index is 2.31. The molecule has 0 radical (unpaired) electrons. The number of carbonyl (C=O) groups excluding carboxylic acids is 1. The van der Waals surface area contributed by atoms with Gasteiger partial charge >= 0.3 is 0 Å². The van der Waals surface area contributed by atoms with Crippen molar-refractivity contribution in [1.29, 1.82) is 0 Å². The summed E-state index contributed by atoms with van der Waals surface area (Å²) in [6, 6.07) is 0. The Labute approximate surface area is 86.4 Å². The normalized spacial score (nSPS) is 22.4. The Morgan fingerprint density at radius 2 is 2.36 bits per heavy atom. The zero-order chi connectivity index (χ0) is 10.4. The predicted molar refractivity (Wildman–Crippen MR) is 56.1 cm³/mol. The molecule has 1 amide bonds. The Morgan fingerprint density at radius 1 is 1.57 bits per heavy atom. The average molecular weight is 199 g/mol. The van der Waals surface area contributed by atoms with Crippen molar-refractivity contribution in [2.45, 2.75) is 32.6 Å². The molecule has 0 aromatic heterocycles. The molecular weight excluding hydrogens is 178 g/mol. The van der Waals surface area contributed by atoms with E-state index in [1.807, 2.05) is 4.90 Å². The van der Waals surface area contributed by atoms with Gasteiger partial charge < -0.3 is 9.64 Å². The summed E-state index contributed by atoms with van der Waals surface area (Å²) in [6.07, 6.45) is 4.17. The average Bonchev–Trinajstić information content (AvgIpc) is 2.26. The van der Waals surface area contributed by atoms with Crippen molar-refractivity contribution in [3.8, 4) is 0 Å². The molecule has 1 rings (SSSR count). The molecule has 3 heteroatoms. The summed E-state index contributed by atoms with van der Waals surface area (Å²) in [5.41, 5.74) is 0. The Kier molecular flexibility index (Phi) is 4.94. The van der Waals surface area contributed by atoms with Gasteiger partial charge in [0.1, 0.15) is 0 Å². The van der Waals surface area contributed by atoms with Gasteiger partial charge in [0.2, 0.25) is 5.91 Å². The SMILES string of the molecule is CCC1CCCN(C(=O)CCOC)C1. The molecule has 0 bridgehead atoms. The minimum atomic E-state index is 0.255. The molecule has 1 saturated heterocycles. The van der Waals surface area contributed by atoms with Crippen molar-refractivity contribution in [2.24, 2.45) is 5.92 Å². The highest BCUT2D eigenvalue weighted by atomic mass is 16.5. The smallest absolute Gasteiger partial charge is 0.224 e. The van der Waals surface area contributed by atoms with E-state index in [9.17, 15) is 4.79 Å². The number of rotatable bonds is 4. The highest BCUT2D eigenvalue weighted by molar-refractivity contribution is 5.76. The molecule has 0 aliphatic carbocycles. The van der Waals surface area contributed by atoms with Gasteiger partial charge in [-0.05, 0) is 18.8 Å². The Bertz CT molecular complexity index is 182. The van der Waals surface area contributed by atoms with Gasteiger partial charge in [0.25, 0.3) is 0 Å². The van der Waals surface area contributed by atoms with Gasteiger partial charge in [-0.25, -0.2) is 0 Å². The molecule has 1 aliphatic rings. The minimum absolute atomic E-state index is 0.255. The van der Waals surface area contributed by atoms with Crippen LogP contribution >= 0.6 is 0 Å². The third-order valence-corrected chi connectivity index (χ3v) is 2.97. The third-order valence-electron chi connectivity index (χ3n) is 2.97. The lowest BCUT2D eigenvalue weighted by atomic mass is 9.95. The second-order valence-electron chi connectivity index (χ2n) is 4.00. The van der Waals surface area contributed by atoms with Crippen LogP contribution in [-0.2, 0) is 9.53 Å². The van der Waals surface area contributed by atoms with Crippen molar-refractivity contribution in [3.63, 3.8) is 0 Å². The van der Waals surface area contributed by atoms with Gasteiger partial charge in [0.05, 0.1) is 13.0 Å². The van der Waals surface area contributed by atoms with Crippen LogP contribution in [0.25, 0.3) is 0 Å². The first-order valence-corrected chi connectivity index (χ1v) is 5.54. The van der Waals surface area contributed by atoms with Crippen LogP contribution in [0.4, 0.5) is 0 Å². The maximum absolute atomic E-state index is 11.7. The van der Waals surface area contributed by atoms with Crippen LogP contribution in [0.2, 0.25) is 0 Å². The van der Waals surface area contributed by atoms with Gasteiger partial charge in [-0.3, -0.25) is 4.79 Å². The Hall–Kier alpha value is -0.570. The molecule has 1 atom stereocenters. The van der Waals surface area contributed by atoms with Crippen LogP contribution in [0, 0.1) is 5.92 Å². The minimum Gasteiger partial charge on any atom is -0.384 e. The zero-order valence-electron chi connectivity index (χ0n) is 9.29. The first kappa shape index (κ1) is 11.5. The molecule has 0 aromatic carbocycles. The zero-order valence-corrected chi connectivity index (χ0v) is 9.29. The molecule has 0 aromatic rings. The quantitative estimate of drug-likeness (QED) is 0.689. The number of likely N-dealkylation sites (tertiary alicyclic amines) is 1. The monoisotopic (exact) mass is 199 g/mol. The lowest BCUT2D eigenvalue weighted by Crippen LogP contribution is -2.40. The van der Waals surface area contributed by atoms with E-state index in [1.54, 1.807) is 7.11 Å². The van der Waals surface area contributed by atoms with Crippen molar-refractivity contribution in [2.75, 3.05) is 26.8 Å². The maximum Gasteiger partial charge on any atom is 0.224 e. The van der Waals surface area contributed by atoms with Crippen LogP contribution in [0.3, 0.4) is 0 Å². The summed E-state index contributed by atoms with van der Waals surface area (Å²) < 4.78 is 4.91. The fraction of sp³-hybridized carbons (Fsp3) is 0.909. The molecule has 1 fully saturated rings.